The van der Waals surface area contributed by atoms with Crippen molar-refractivity contribution in [3.05, 3.63) is 232 Å². The molecule has 0 saturated carbocycles. The van der Waals surface area contributed by atoms with Crippen LogP contribution in [-0.2, 0) is 10.8 Å². The van der Waals surface area contributed by atoms with Gasteiger partial charge in [-0.2, -0.15) is 0 Å². The third-order valence-corrected chi connectivity index (χ3v) is 13.8. The number of hydrogen-bond donors (Lipinski definition) is 0. The van der Waals surface area contributed by atoms with E-state index in [9.17, 15) is 0 Å². The molecular formula is C62H53Br2N3. The van der Waals surface area contributed by atoms with Gasteiger partial charge in [0.25, 0.3) is 0 Å². The number of hydrogen-bond acceptors (Lipinski definition) is 2. The van der Waals surface area contributed by atoms with Gasteiger partial charge in [0.2, 0.25) is 0 Å². The Morgan fingerprint density at radius 3 is 1.30 bits per heavy atom. The van der Waals surface area contributed by atoms with E-state index in [1.165, 1.54) is 32.9 Å². The number of para-hydroxylation sites is 2. The number of aromatic nitrogens is 1. The number of rotatable bonds is 9. The molecule has 0 radical (unpaired) electrons. The number of fused-ring (bicyclic) bond motifs is 3. The summed E-state index contributed by atoms with van der Waals surface area (Å²) in [6, 6.07) is 77.6. The van der Waals surface area contributed by atoms with E-state index < -0.39 is 0 Å². The minimum Gasteiger partial charge on any atom is -0.310 e. The largest absolute Gasteiger partial charge is 0.310 e. The summed E-state index contributed by atoms with van der Waals surface area (Å²) in [6.45, 7) is 13.8. The summed E-state index contributed by atoms with van der Waals surface area (Å²) >= 11 is 7.64. The highest BCUT2D eigenvalue weighted by Gasteiger charge is 2.26. The quantitative estimate of drug-likeness (QED) is 0.143. The van der Waals surface area contributed by atoms with Gasteiger partial charge in [0.1, 0.15) is 0 Å². The van der Waals surface area contributed by atoms with Crippen LogP contribution < -0.4 is 9.80 Å². The first-order chi connectivity index (χ1) is 32.3. The smallest absolute Gasteiger partial charge is 0.0544 e. The van der Waals surface area contributed by atoms with E-state index in [1.807, 2.05) is 0 Å². The predicted molar refractivity (Wildman–Crippen MR) is 294 cm³/mol. The Kier molecular flexibility index (Phi) is 11.8. The lowest BCUT2D eigenvalue weighted by atomic mass is 9.86. The fraction of sp³-hybridized carbons (Fsp3) is 0.129. The second-order valence-electron chi connectivity index (χ2n) is 19.4. The van der Waals surface area contributed by atoms with E-state index in [4.69, 9.17) is 0 Å². The van der Waals surface area contributed by atoms with E-state index >= 15 is 0 Å². The minimum absolute atomic E-state index is 0.0583. The molecule has 1 heterocycles. The Bertz CT molecular complexity index is 3320. The van der Waals surface area contributed by atoms with Gasteiger partial charge in [-0.15, -0.1) is 0 Å². The molecule has 10 aromatic rings. The van der Waals surface area contributed by atoms with Crippen molar-refractivity contribution in [1.82, 2.24) is 4.57 Å². The van der Waals surface area contributed by atoms with Gasteiger partial charge < -0.3 is 14.4 Å². The van der Waals surface area contributed by atoms with Crippen LogP contribution in [0.1, 0.15) is 52.7 Å². The molecule has 0 aliphatic rings. The summed E-state index contributed by atoms with van der Waals surface area (Å²) in [6.07, 6.45) is 0. The Morgan fingerprint density at radius 1 is 0.358 bits per heavy atom. The van der Waals surface area contributed by atoms with Gasteiger partial charge in [0.05, 0.1) is 39.5 Å². The van der Waals surface area contributed by atoms with Crippen LogP contribution in [0.4, 0.5) is 34.1 Å². The SMILES string of the molecule is CC(C)(C)c1ccc2c3ccc(C(C)(C)C)cc3n(-c3cc(N(c4ccc(Br)cc4)c4ccccc4-c4ccccc4)cc(N(c4cccc(Br)c4)c4ccccc4-c4ccccc4)c3)c2c1. The van der Waals surface area contributed by atoms with E-state index in [1.54, 1.807) is 0 Å². The van der Waals surface area contributed by atoms with Crippen molar-refractivity contribution in [3.8, 4) is 27.9 Å². The lowest BCUT2D eigenvalue weighted by molar-refractivity contribution is 0.591. The average Bonchev–Trinajstić information content (AvgIpc) is 3.66. The summed E-state index contributed by atoms with van der Waals surface area (Å²) in [7, 11) is 0. The van der Waals surface area contributed by atoms with Crippen molar-refractivity contribution in [2.45, 2.75) is 52.4 Å². The zero-order valence-electron chi connectivity index (χ0n) is 38.8. The molecule has 10 rings (SSSR count). The van der Waals surface area contributed by atoms with Crippen molar-refractivity contribution in [3.63, 3.8) is 0 Å². The molecule has 0 atom stereocenters. The second-order valence-corrected chi connectivity index (χ2v) is 21.2. The van der Waals surface area contributed by atoms with Crippen LogP contribution in [0, 0.1) is 0 Å². The summed E-state index contributed by atoms with van der Waals surface area (Å²) in [5.74, 6) is 0. The van der Waals surface area contributed by atoms with Crippen LogP contribution in [-0.4, -0.2) is 4.57 Å². The molecule has 0 unspecified atom stereocenters. The van der Waals surface area contributed by atoms with E-state index in [0.29, 0.717) is 0 Å². The Balaban J connectivity index is 1.36. The van der Waals surface area contributed by atoms with Gasteiger partial charge in [0, 0.05) is 42.2 Å². The lowest BCUT2D eigenvalue weighted by Crippen LogP contribution is -2.15. The molecule has 0 aliphatic carbocycles. The molecule has 0 N–H and O–H groups in total. The third kappa shape index (κ3) is 8.75. The molecule has 0 aliphatic heterocycles. The molecule has 3 nitrogen and oxygen atoms in total. The zero-order chi connectivity index (χ0) is 46.5. The number of nitrogens with zero attached hydrogens (tertiary/aromatic N) is 3. The number of halogens is 2. The van der Waals surface area contributed by atoms with Crippen LogP contribution in [0.5, 0.6) is 0 Å². The van der Waals surface area contributed by atoms with Gasteiger partial charge in [-0.25, -0.2) is 0 Å². The van der Waals surface area contributed by atoms with Crippen molar-refractivity contribution < 1.29 is 0 Å². The fourth-order valence-electron chi connectivity index (χ4n) is 9.32. The number of benzene rings is 9. The normalized spacial score (nSPS) is 11.9. The van der Waals surface area contributed by atoms with Crippen LogP contribution in [0.2, 0.25) is 0 Å². The number of anilines is 6. The van der Waals surface area contributed by atoms with Crippen molar-refractivity contribution in [1.29, 1.82) is 0 Å². The van der Waals surface area contributed by atoms with Crippen LogP contribution in [0.15, 0.2) is 221 Å². The highest BCUT2D eigenvalue weighted by Crippen LogP contribution is 2.48. The molecule has 67 heavy (non-hydrogen) atoms. The molecule has 0 amide bonds. The van der Waals surface area contributed by atoms with E-state index in [-0.39, 0.29) is 10.8 Å². The zero-order valence-corrected chi connectivity index (χ0v) is 42.0. The van der Waals surface area contributed by atoms with Crippen LogP contribution in [0.25, 0.3) is 49.7 Å². The van der Waals surface area contributed by atoms with Crippen LogP contribution >= 0.6 is 31.9 Å². The first kappa shape index (κ1) is 44.2. The Hall–Kier alpha value is -6.66. The third-order valence-electron chi connectivity index (χ3n) is 12.8. The first-order valence-electron chi connectivity index (χ1n) is 23.0. The Morgan fingerprint density at radius 2 is 0.821 bits per heavy atom. The van der Waals surface area contributed by atoms with Crippen molar-refractivity contribution in [2.24, 2.45) is 0 Å². The van der Waals surface area contributed by atoms with Gasteiger partial charge >= 0.3 is 0 Å². The highest BCUT2D eigenvalue weighted by atomic mass is 79.9. The standard InChI is InChI=1S/C62H53Br2N3/c1-61(2,3)44-28-34-55-56-35-29-45(62(4,5)6)37-60(56)67(59(55)36-44)52-40-50(65(48-32-30-46(63)31-33-48)57-26-15-13-24-53(57)42-18-9-7-10-19-42)39-51(41-52)66(49-23-17-22-47(64)38-49)58-27-16-14-25-54(58)43-20-11-8-12-21-43/h7-41H,1-6H3. The summed E-state index contributed by atoms with van der Waals surface area (Å²) in [5.41, 5.74) is 16.7. The monoisotopic (exact) mass is 997 g/mol. The summed E-state index contributed by atoms with van der Waals surface area (Å²) < 4.78 is 4.55. The molecule has 1 aromatic heterocycles. The van der Waals surface area contributed by atoms with Gasteiger partial charge in [-0.05, 0) is 118 Å². The lowest BCUT2D eigenvalue weighted by Gasteiger charge is -2.32. The maximum atomic E-state index is 3.88. The van der Waals surface area contributed by atoms with Gasteiger partial charge in [-0.1, -0.05) is 201 Å². The maximum Gasteiger partial charge on any atom is 0.0544 e. The summed E-state index contributed by atoms with van der Waals surface area (Å²) in [5, 5.41) is 2.46. The topological polar surface area (TPSA) is 11.4 Å². The molecule has 330 valence electrons. The van der Waals surface area contributed by atoms with Crippen molar-refractivity contribution >= 4 is 87.8 Å². The second kappa shape index (κ2) is 17.9. The fourth-order valence-corrected chi connectivity index (χ4v) is 9.97. The minimum atomic E-state index is -0.0583. The highest BCUT2D eigenvalue weighted by molar-refractivity contribution is 9.10. The first-order valence-corrected chi connectivity index (χ1v) is 24.6. The van der Waals surface area contributed by atoms with Crippen molar-refractivity contribution in [2.75, 3.05) is 9.80 Å². The average molecular weight is 1000 g/mol. The van der Waals surface area contributed by atoms with Crippen LogP contribution in [0.3, 0.4) is 0 Å². The summed E-state index contributed by atoms with van der Waals surface area (Å²) in [4.78, 5) is 4.86. The molecule has 9 aromatic carbocycles. The molecule has 0 bridgehead atoms. The Labute approximate surface area is 412 Å². The molecule has 5 heteroatoms. The van der Waals surface area contributed by atoms with E-state index in [0.717, 1.165) is 71.0 Å². The van der Waals surface area contributed by atoms with Gasteiger partial charge in [0.15, 0.2) is 0 Å². The molecule has 0 spiro atoms. The molecule has 0 saturated heterocycles. The van der Waals surface area contributed by atoms with E-state index in [2.05, 4.69) is 300 Å². The van der Waals surface area contributed by atoms with Gasteiger partial charge in [-0.3, -0.25) is 0 Å². The molecule has 0 fully saturated rings. The maximum absolute atomic E-state index is 3.88. The molecular weight excluding hydrogens is 947 g/mol. The predicted octanol–water partition coefficient (Wildman–Crippen LogP) is 19.2.